The number of anilines is 1. The molecule has 1 unspecified atom stereocenters. The first-order valence-electron chi connectivity index (χ1n) is 6.99. The van der Waals surface area contributed by atoms with Crippen LogP contribution < -0.4 is 5.32 Å². The Kier molecular flexibility index (Phi) is 5.16. The molecule has 2 rings (SSSR count). The predicted octanol–water partition coefficient (Wildman–Crippen LogP) is 3.59. The van der Waals surface area contributed by atoms with Gasteiger partial charge in [-0.05, 0) is 41.6 Å². The van der Waals surface area contributed by atoms with E-state index in [2.05, 4.69) is 45.1 Å². The summed E-state index contributed by atoms with van der Waals surface area (Å²) in [5, 5.41) is 3.47. The van der Waals surface area contributed by atoms with E-state index >= 15 is 0 Å². The third kappa shape index (κ3) is 4.42. The Labute approximate surface area is 123 Å². The number of hydrogen-bond donors (Lipinski definition) is 1. The molecule has 0 spiro atoms. The molecule has 1 saturated carbocycles. The lowest BCUT2D eigenvalue weighted by Gasteiger charge is -2.23. The maximum absolute atomic E-state index is 5.53. The van der Waals surface area contributed by atoms with Crippen LogP contribution in [0.4, 0.5) is 5.82 Å². The van der Waals surface area contributed by atoms with Crippen molar-refractivity contribution in [2.45, 2.75) is 45.6 Å². The Morgan fingerprint density at radius 1 is 1.42 bits per heavy atom. The van der Waals surface area contributed by atoms with Gasteiger partial charge in [0.2, 0.25) is 0 Å². The van der Waals surface area contributed by atoms with E-state index < -0.39 is 0 Å². The monoisotopic (exact) mass is 327 g/mol. The zero-order valence-electron chi connectivity index (χ0n) is 11.8. The number of nitrogens with zero attached hydrogens (tertiary/aromatic N) is 2. The van der Waals surface area contributed by atoms with Crippen LogP contribution in [0.25, 0.3) is 0 Å². The second-order valence-corrected chi connectivity index (χ2v) is 6.18. The van der Waals surface area contributed by atoms with Gasteiger partial charge in [-0.1, -0.05) is 13.8 Å². The molecule has 1 aliphatic carbocycles. The van der Waals surface area contributed by atoms with Gasteiger partial charge < -0.3 is 10.1 Å². The number of halogens is 1. The summed E-state index contributed by atoms with van der Waals surface area (Å²) < 4.78 is 6.38. The van der Waals surface area contributed by atoms with Crippen molar-refractivity contribution < 1.29 is 4.74 Å². The number of hydrogen-bond acceptors (Lipinski definition) is 4. The van der Waals surface area contributed by atoms with Crippen LogP contribution in [0.2, 0.25) is 0 Å². The minimum Gasteiger partial charge on any atom is -0.380 e. The van der Waals surface area contributed by atoms with E-state index in [0.29, 0.717) is 18.4 Å². The van der Waals surface area contributed by atoms with Crippen LogP contribution in [-0.4, -0.2) is 29.2 Å². The fraction of sp³-hybridized carbons (Fsp3) is 0.714. The lowest BCUT2D eigenvalue weighted by atomic mass is 10.1. The van der Waals surface area contributed by atoms with Crippen molar-refractivity contribution >= 4 is 21.7 Å². The number of aromatic nitrogens is 2. The standard InChI is InChI=1S/C14H22BrN3O/c1-4-19-8-11(9(2)3)16-13-7-12(15)17-14(18-13)10-5-6-10/h7,9-11H,4-6,8H2,1-3H3,(H,16,17,18). The quantitative estimate of drug-likeness (QED) is 0.777. The highest BCUT2D eigenvalue weighted by Crippen LogP contribution is 2.38. The Bertz CT molecular complexity index is 421. The molecule has 0 radical (unpaired) electrons. The number of ether oxygens (including phenoxy) is 1. The molecule has 0 aliphatic heterocycles. The molecule has 0 bridgehead atoms. The lowest BCUT2D eigenvalue weighted by Crippen LogP contribution is -2.31. The predicted molar refractivity (Wildman–Crippen MR) is 80.4 cm³/mol. The van der Waals surface area contributed by atoms with Crippen LogP contribution in [0.1, 0.15) is 45.4 Å². The highest BCUT2D eigenvalue weighted by molar-refractivity contribution is 9.10. The minimum atomic E-state index is 0.272. The van der Waals surface area contributed by atoms with Gasteiger partial charge in [-0.25, -0.2) is 9.97 Å². The van der Waals surface area contributed by atoms with Crippen molar-refractivity contribution in [3.63, 3.8) is 0 Å². The third-order valence-electron chi connectivity index (χ3n) is 3.29. The second-order valence-electron chi connectivity index (χ2n) is 5.36. The average molecular weight is 328 g/mol. The smallest absolute Gasteiger partial charge is 0.135 e. The van der Waals surface area contributed by atoms with Crippen LogP contribution in [0, 0.1) is 5.92 Å². The first kappa shape index (κ1) is 14.7. The summed E-state index contributed by atoms with van der Waals surface area (Å²) in [4.78, 5) is 9.06. The van der Waals surface area contributed by atoms with Crippen molar-refractivity contribution in [3.05, 3.63) is 16.5 Å². The Morgan fingerprint density at radius 3 is 2.74 bits per heavy atom. The molecular weight excluding hydrogens is 306 g/mol. The molecule has 4 nitrogen and oxygen atoms in total. The topological polar surface area (TPSA) is 47.0 Å². The van der Waals surface area contributed by atoms with Crippen LogP contribution >= 0.6 is 15.9 Å². The highest BCUT2D eigenvalue weighted by atomic mass is 79.9. The largest absolute Gasteiger partial charge is 0.380 e. The van der Waals surface area contributed by atoms with Crippen molar-refractivity contribution in [2.75, 3.05) is 18.5 Å². The Balaban J connectivity index is 2.06. The van der Waals surface area contributed by atoms with Gasteiger partial charge in [-0.2, -0.15) is 0 Å². The summed E-state index contributed by atoms with van der Waals surface area (Å²) in [6, 6.07) is 2.21. The summed E-state index contributed by atoms with van der Waals surface area (Å²) in [7, 11) is 0. The van der Waals surface area contributed by atoms with E-state index in [1.807, 2.05) is 13.0 Å². The van der Waals surface area contributed by atoms with E-state index in [4.69, 9.17) is 4.74 Å². The van der Waals surface area contributed by atoms with Crippen molar-refractivity contribution in [3.8, 4) is 0 Å². The minimum absolute atomic E-state index is 0.272. The molecule has 1 N–H and O–H groups in total. The van der Waals surface area contributed by atoms with Crippen LogP contribution in [0.3, 0.4) is 0 Å². The molecule has 106 valence electrons. The van der Waals surface area contributed by atoms with Gasteiger partial charge >= 0.3 is 0 Å². The van der Waals surface area contributed by atoms with Crippen LogP contribution in [0.5, 0.6) is 0 Å². The fourth-order valence-corrected chi connectivity index (χ4v) is 2.27. The lowest BCUT2D eigenvalue weighted by molar-refractivity contribution is 0.126. The summed E-state index contributed by atoms with van der Waals surface area (Å²) in [6.07, 6.45) is 2.42. The molecular formula is C14H22BrN3O. The zero-order valence-corrected chi connectivity index (χ0v) is 13.4. The summed E-state index contributed by atoms with van der Waals surface area (Å²) in [6.45, 7) is 7.84. The summed E-state index contributed by atoms with van der Waals surface area (Å²) >= 11 is 3.47. The molecule has 1 fully saturated rings. The maximum Gasteiger partial charge on any atom is 0.135 e. The van der Waals surface area contributed by atoms with E-state index in [0.717, 1.165) is 22.9 Å². The molecule has 0 saturated heterocycles. The molecule has 19 heavy (non-hydrogen) atoms. The SMILES string of the molecule is CCOCC(Nc1cc(Br)nc(C2CC2)n1)C(C)C. The average Bonchev–Trinajstić information content (AvgIpc) is 3.17. The van der Waals surface area contributed by atoms with E-state index in [1.165, 1.54) is 12.8 Å². The first-order valence-corrected chi connectivity index (χ1v) is 7.78. The molecule has 0 amide bonds. The van der Waals surface area contributed by atoms with Crippen molar-refractivity contribution in [2.24, 2.45) is 5.92 Å². The van der Waals surface area contributed by atoms with Gasteiger partial charge in [0, 0.05) is 18.6 Å². The molecule has 1 heterocycles. The molecule has 1 aromatic heterocycles. The van der Waals surface area contributed by atoms with Gasteiger partial charge in [0.1, 0.15) is 16.2 Å². The molecule has 0 aromatic carbocycles. The van der Waals surface area contributed by atoms with E-state index in [9.17, 15) is 0 Å². The summed E-state index contributed by atoms with van der Waals surface area (Å²) in [5.74, 6) is 2.89. The van der Waals surface area contributed by atoms with Gasteiger partial charge in [0.05, 0.1) is 12.6 Å². The second kappa shape index (κ2) is 6.66. The number of rotatable bonds is 7. The zero-order chi connectivity index (χ0) is 13.8. The van der Waals surface area contributed by atoms with Gasteiger partial charge in [0.15, 0.2) is 0 Å². The molecule has 1 aliphatic rings. The van der Waals surface area contributed by atoms with Crippen LogP contribution in [0.15, 0.2) is 10.7 Å². The third-order valence-corrected chi connectivity index (χ3v) is 3.70. The highest BCUT2D eigenvalue weighted by Gasteiger charge is 2.27. The van der Waals surface area contributed by atoms with Gasteiger partial charge in [-0.3, -0.25) is 0 Å². The van der Waals surface area contributed by atoms with E-state index in [-0.39, 0.29) is 6.04 Å². The Morgan fingerprint density at radius 2 is 2.16 bits per heavy atom. The molecule has 1 aromatic rings. The first-order chi connectivity index (χ1) is 9.10. The molecule has 5 heteroatoms. The van der Waals surface area contributed by atoms with Gasteiger partial charge in [0.25, 0.3) is 0 Å². The maximum atomic E-state index is 5.53. The van der Waals surface area contributed by atoms with Crippen molar-refractivity contribution in [1.29, 1.82) is 0 Å². The number of nitrogens with one attached hydrogen (secondary N) is 1. The normalized spacial score (nSPS) is 16.7. The van der Waals surface area contributed by atoms with E-state index in [1.54, 1.807) is 0 Å². The summed E-state index contributed by atoms with van der Waals surface area (Å²) in [5.41, 5.74) is 0. The molecule has 1 atom stereocenters. The van der Waals surface area contributed by atoms with Crippen LogP contribution in [-0.2, 0) is 4.74 Å². The van der Waals surface area contributed by atoms with Gasteiger partial charge in [-0.15, -0.1) is 0 Å². The fourth-order valence-electron chi connectivity index (χ4n) is 1.87. The Hall–Kier alpha value is -0.680. The van der Waals surface area contributed by atoms with Crippen molar-refractivity contribution in [1.82, 2.24) is 9.97 Å².